The van der Waals surface area contributed by atoms with Crippen molar-refractivity contribution in [2.75, 3.05) is 42.6 Å². The number of hydrogen-bond acceptors (Lipinski definition) is 7. The summed E-state index contributed by atoms with van der Waals surface area (Å²) in [4.78, 5) is 42.9. The molecule has 3 aromatic carbocycles. The summed E-state index contributed by atoms with van der Waals surface area (Å²) in [6.07, 6.45) is 0.532. The van der Waals surface area contributed by atoms with Crippen molar-refractivity contribution in [3.63, 3.8) is 0 Å². The summed E-state index contributed by atoms with van der Waals surface area (Å²) in [7, 11) is 0. The third kappa shape index (κ3) is 4.77. The van der Waals surface area contributed by atoms with Gasteiger partial charge in [0.1, 0.15) is 0 Å². The van der Waals surface area contributed by atoms with E-state index in [1.807, 2.05) is 38.1 Å². The average molecular weight is 558 g/mol. The van der Waals surface area contributed by atoms with Crippen molar-refractivity contribution in [1.82, 2.24) is 10.2 Å². The fourth-order valence-electron chi connectivity index (χ4n) is 5.93. The normalized spacial score (nSPS) is 21.5. The largest absolute Gasteiger partial charge is 0.490 e. The second kappa shape index (κ2) is 10.3. The molecule has 3 heterocycles. The molecule has 212 valence electrons. The Balaban J connectivity index is 1.19. The molecule has 0 radical (unpaired) electrons. The van der Waals surface area contributed by atoms with Crippen molar-refractivity contribution in [3.05, 3.63) is 88.0 Å². The Hall–Kier alpha value is -4.80. The molecule has 2 unspecified atom stereocenters. The van der Waals surface area contributed by atoms with Crippen LogP contribution in [0.2, 0.25) is 0 Å². The SMILES string of the molecule is CCOc1cccc2c1OC1(C)CC2NC(=O)N1c1cccc(C(=O)N2CCN(c3ccc([N+](=O)[O-])cc3)CC2)c1. The Bertz CT molecular complexity index is 1500. The summed E-state index contributed by atoms with van der Waals surface area (Å²) in [6, 6.07) is 18.7. The minimum atomic E-state index is -0.981. The number of non-ortho nitro benzene ring substituents is 1. The van der Waals surface area contributed by atoms with Crippen LogP contribution in [0.1, 0.15) is 42.2 Å². The summed E-state index contributed by atoms with van der Waals surface area (Å²) in [6.45, 7) is 6.50. The molecular formula is C30H31N5O6. The van der Waals surface area contributed by atoms with E-state index < -0.39 is 10.6 Å². The molecule has 3 aliphatic heterocycles. The van der Waals surface area contributed by atoms with Gasteiger partial charge in [-0.1, -0.05) is 18.2 Å². The van der Waals surface area contributed by atoms with E-state index in [0.717, 1.165) is 11.3 Å². The van der Waals surface area contributed by atoms with Crippen LogP contribution in [0.4, 0.5) is 21.9 Å². The van der Waals surface area contributed by atoms with Crippen molar-refractivity contribution in [3.8, 4) is 11.5 Å². The molecule has 3 aromatic rings. The van der Waals surface area contributed by atoms with Crippen LogP contribution in [-0.4, -0.2) is 60.3 Å². The van der Waals surface area contributed by atoms with Crippen molar-refractivity contribution < 1.29 is 24.0 Å². The van der Waals surface area contributed by atoms with E-state index in [4.69, 9.17) is 9.47 Å². The first-order valence-electron chi connectivity index (χ1n) is 13.7. The van der Waals surface area contributed by atoms with Crippen molar-refractivity contribution >= 4 is 29.0 Å². The molecule has 11 heteroatoms. The van der Waals surface area contributed by atoms with Crippen molar-refractivity contribution in [2.45, 2.75) is 32.0 Å². The number of urea groups is 1. The summed E-state index contributed by atoms with van der Waals surface area (Å²) < 4.78 is 12.3. The molecular weight excluding hydrogens is 526 g/mol. The van der Waals surface area contributed by atoms with Crippen molar-refractivity contribution in [1.29, 1.82) is 0 Å². The van der Waals surface area contributed by atoms with E-state index in [2.05, 4.69) is 10.2 Å². The van der Waals surface area contributed by atoms with Crippen LogP contribution in [0.25, 0.3) is 0 Å². The predicted molar refractivity (Wildman–Crippen MR) is 153 cm³/mol. The van der Waals surface area contributed by atoms with Crippen LogP contribution >= 0.6 is 0 Å². The third-order valence-electron chi connectivity index (χ3n) is 7.91. The van der Waals surface area contributed by atoms with Crippen molar-refractivity contribution in [2.24, 2.45) is 0 Å². The molecule has 6 rings (SSSR count). The molecule has 0 aliphatic carbocycles. The lowest BCUT2D eigenvalue weighted by Gasteiger charge is -2.50. The van der Waals surface area contributed by atoms with Crippen LogP contribution in [0, 0.1) is 10.1 Å². The number of piperazine rings is 1. The van der Waals surface area contributed by atoms with Gasteiger partial charge in [0.25, 0.3) is 11.6 Å². The molecule has 2 fully saturated rings. The Labute approximate surface area is 237 Å². The summed E-state index contributed by atoms with van der Waals surface area (Å²) >= 11 is 0. The highest BCUT2D eigenvalue weighted by molar-refractivity contribution is 5.99. The quantitative estimate of drug-likeness (QED) is 0.344. The highest BCUT2D eigenvalue weighted by Crippen LogP contribution is 2.49. The first-order chi connectivity index (χ1) is 19.8. The lowest BCUT2D eigenvalue weighted by Crippen LogP contribution is -2.65. The molecule has 0 saturated carbocycles. The monoisotopic (exact) mass is 557 g/mol. The Morgan fingerprint density at radius 2 is 1.80 bits per heavy atom. The van der Waals surface area contributed by atoms with Gasteiger partial charge in [-0.2, -0.15) is 0 Å². The number of carbonyl (C=O) groups is 2. The van der Waals surface area contributed by atoms with E-state index >= 15 is 0 Å². The number of carbonyl (C=O) groups excluding carboxylic acids is 2. The number of fused-ring (bicyclic) bond motifs is 4. The minimum absolute atomic E-state index is 0.0479. The summed E-state index contributed by atoms with van der Waals surface area (Å²) in [5, 5.41) is 14.1. The molecule has 1 N–H and O–H groups in total. The molecule has 41 heavy (non-hydrogen) atoms. The fourth-order valence-corrected chi connectivity index (χ4v) is 5.93. The lowest BCUT2D eigenvalue weighted by atomic mass is 9.89. The zero-order chi connectivity index (χ0) is 28.7. The predicted octanol–water partition coefficient (Wildman–Crippen LogP) is 4.73. The maximum Gasteiger partial charge on any atom is 0.325 e. The summed E-state index contributed by atoms with van der Waals surface area (Å²) in [5.74, 6) is 1.13. The number of hydrogen-bond donors (Lipinski definition) is 1. The third-order valence-corrected chi connectivity index (χ3v) is 7.91. The molecule has 3 aliphatic rings. The number of rotatable bonds is 6. The standard InChI is InChI=1S/C30H31N5O6/c1-3-40-26-9-5-8-24-25-19-30(2,41-27(24)26)34(29(37)31-25)23-7-4-6-20(18-23)28(36)33-16-14-32(15-17-33)21-10-12-22(13-11-21)35(38)39/h4-13,18,25H,3,14-17,19H2,1-2H3,(H,31,37). The highest BCUT2D eigenvalue weighted by Gasteiger charge is 2.50. The van der Waals surface area contributed by atoms with E-state index in [-0.39, 0.29) is 23.7 Å². The van der Waals surface area contributed by atoms with Gasteiger partial charge in [0.05, 0.1) is 23.3 Å². The average Bonchev–Trinajstić information content (AvgIpc) is 2.97. The number of nitro groups is 1. The second-order valence-electron chi connectivity index (χ2n) is 10.5. The number of para-hydroxylation sites is 1. The smallest absolute Gasteiger partial charge is 0.325 e. The fraction of sp³-hybridized carbons (Fsp3) is 0.333. The molecule has 0 aromatic heterocycles. The maximum absolute atomic E-state index is 13.5. The van der Waals surface area contributed by atoms with Crippen LogP contribution in [0.3, 0.4) is 0 Å². The van der Waals surface area contributed by atoms with Crippen LogP contribution in [0.5, 0.6) is 11.5 Å². The number of amides is 3. The number of anilines is 2. The number of ether oxygens (including phenoxy) is 2. The van der Waals surface area contributed by atoms with Gasteiger partial charge in [0, 0.05) is 61.5 Å². The topological polar surface area (TPSA) is 117 Å². The highest BCUT2D eigenvalue weighted by atomic mass is 16.6. The van der Waals surface area contributed by atoms with Gasteiger partial charge < -0.3 is 24.6 Å². The molecule has 3 amide bonds. The molecule has 2 bridgehead atoms. The van der Waals surface area contributed by atoms with Gasteiger partial charge in [-0.15, -0.1) is 0 Å². The van der Waals surface area contributed by atoms with E-state index in [1.54, 1.807) is 40.1 Å². The van der Waals surface area contributed by atoms with Gasteiger partial charge in [-0.3, -0.25) is 19.8 Å². The minimum Gasteiger partial charge on any atom is -0.490 e. The number of benzene rings is 3. The molecule has 11 nitrogen and oxygen atoms in total. The van der Waals surface area contributed by atoms with Gasteiger partial charge in [0.15, 0.2) is 17.2 Å². The lowest BCUT2D eigenvalue weighted by molar-refractivity contribution is -0.384. The zero-order valence-corrected chi connectivity index (χ0v) is 22.9. The Morgan fingerprint density at radius 3 is 2.51 bits per heavy atom. The number of nitro benzene ring substituents is 1. The van der Waals surface area contributed by atoms with Gasteiger partial charge in [-0.05, 0) is 50.2 Å². The van der Waals surface area contributed by atoms with E-state index in [9.17, 15) is 19.7 Å². The molecule has 2 saturated heterocycles. The van der Waals surface area contributed by atoms with Crippen LogP contribution < -0.4 is 24.6 Å². The zero-order valence-electron chi connectivity index (χ0n) is 22.9. The first kappa shape index (κ1) is 26.4. The number of nitrogens with one attached hydrogen (secondary N) is 1. The van der Waals surface area contributed by atoms with Gasteiger partial charge >= 0.3 is 6.03 Å². The molecule has 0 spiro atoms. The van der Waals surface area contributed by atoms with Gasteiger partial charge in [0.2, 0.25) is 0 Å². The van der Waals surface area contributed by atoms with E-state index in [1.165, 1.54) is 12.1 Å². The van der Waals surface area contributed by atoms with Crippen LogP contribution in [-0.2, 0) is 0 Å². The first-order valence-corrected chi connectivity index (χ1v) is 13.7. The summed E-state index contributed by atoms with van der Waals surface area (Å²) in [5.41, 5.74) is 1.89. The number of nitrogens with zero attached hydrogens (tertiary/aromatic N) is 4. The van der Waals surface area contributed by atoms with E-state index in [0.29, 0.717) is 62.0 Å². The van der Waals surface area contributed by atoms with Gasteiger partial charge in [-0.25, -0.2) is 4.79 Å². The molecule has 2 atom stereocenters. The Kier molecular flexibility index (Phi) is 6.64. The maximum atomic E-state index is 13.5. The Morgan fingerprint density at radius 1 is 1.07 bits per heavy atom. The van der Waals surface area contributed by atoms with Crippen LogP contribution in [0.15, 0.2) is 66.7 Å². The second-order valence-corrected chi connectivity index (χ2v) is 10.5.